The maximum Gasteiger partial charge on any atom is 0.147 e. The number of hydrogen-bond donors (Lipinski definition) is 0. The van der Waals surface area contributed by atoms with Gasteiger partial charge in [-0.05, 0) is 75.8 Å². The second-order valence-corrected chi connectivity index (χ2v) is 7.91. The largest absolute Gasteiger partial charge is 0.349 e. The average Bonchev–Trinajstić information content (AvgIpc) is 3.16. The van der Waals surface area contributed by atoms with E-state index in [0.717, 1.165) is 17.8 Å². The number of hydrogen-bond acceptors (Lipinski definition) is 3. The molecule has 0 aromatic rings. The van der Waals surface area contributed by atoms with Gasteiger partial charge in [-0.15, -0.1) is 0 Å². The van der Waals surface area contributed by atoms with Gasteiger partial charge < -0.3 is 9.47 Å². The van der Waals surface area contributed by atoms with E-state index in [1.807, 2.05) is 0 Å². The van der Waals surface area contributed by atoms with Crippen molar-refractivity contribution in [1.29, 1.82) is 0 Å². The summed E-state index contributed by atoms with van der Waals surface area (Å²) in [6.07, 6.45) is 12.2. The molecule has 112 valence electrons. The van der Waals surface area contributed by atoms with Crippen molar-refractivity contribution in [3.05, 3.63) is 0 Å². The Kier molecular flexibility index (Phi) is 2.76. The first-order valence-electron chi connectivity index (χ1n) is 8.85. The van der Waals surface area contributed by atoms with Crippen LogP contribution in [0.1, 0.15) is 51.4 Å². The summed E-state index contributed by atoms with van der Waals surface area (Å²) in [5.74, 6) is 2.79. The van der Waals surface area contributed by atoms with Crippen LogP contribution in [0.5, 0.6) is 0 Å². The Labute approximate surface area is 122 Å². The van der Waals surface area contributed by atoms with E-state index in [0.29, 0.717) is 24.5 Å². The second-order valence-electron chi connectivity index (χ2n) is 7.91. The monoisotopic (exact) mass is 277 g/mol. The molecule has 3 heteroatoms. The summed E-state index contributed by atoms with van der Waals surface area (Å²) in [4.78, 5) is 2.90. The van der Waals surface area contributed by atoms with Gasteiger partial charge in [0.15, 0.2) is 0 Å². The van der Waals surface area contributed by atoms with Gasteiger partial charge in [0.2, 0.25) is 0 Å². The normalized spacial score (nSPS) is 54.9. The second kappa shape index (κ2) is 4.44. The van der Waals surface area contributed by atoms with Crippen LogP contribution >= 0.6 is 0 Å². The fraction of sp³-hybridized carbons (Fsp3) is 1.00. The molecule has 20 heavy (non-hydrogen) atoms. The van der Waals surface area contributed by atoms with Crippen LogP contribution in [0.15, 0.2) is 0 Å². The molecule has 2 aliphatic carbocycles. The molecular formula is C17H27NO2. The lowest BCUT2D eigenvalue weighted by molar-refractivity contribution is 0.00312. The zero-order valence-corrected chi connectivity index (χ0v) is 12.4. The Morgan fingerprint density at radius 2 is 1.75 bits per heavy atom. The van der Waals surface area contributed by atoms with Crippen LogP contribution in [0.25, 0.3) is 0 Å². The van der Waals surface area contributed by atoms with E-state index in [2.05, 4.69) is 4.90 Å². The minimum atomic E-state index is 0.418. The van der Waals surface area contributed by atoms with Gasteiger partial charge in [-0.3, -0.25) is 4.90 Å². The van der Waals surface area contributed by atoms with Crippen LogP contribution < -0.4 is 0 Å². The molecule has 5 aliphatic rings. The molecule has 2 saturated carbocycles. The first kappa shape index (κ1) is 12.4. The van der Waals surface area contributed by atoms with Gasteiger partial charge in [0.1, 0.15) is 6.79 Å². The number of rotatable bonds is 0. The summed E-state index contributed by atoms with van der Waals surface area (Å²) in [7, 11) is 0. The molecule has 5 rings (SSSR count). The van der Waals surface area contributed by atoms with Gasteiger partial charge in [0, 0.05) is 5.54 Å². The molecule has 0 aromatic heterocycles. The van der Waals surface area contributed by atoms with Crippen LogP contribution in [0.2, 0.25) is 0 Å². The Bertz CT molecular complexity index is 396. The predicted octanol–water partition coefficient (Wildman–Crippen LogP) is 2.79. The predicted molar refractivity (Wildman–Crippen MR) is 76.3 cm³/mol. The van der Waals surface area contributed by atoms with E-state index < -0.39 is 0 Å². The molecule has 3 heterocycles. The summed E-state index contributed by atoms with van der Waals surface area (Å²) in [5, 5.41) is 0. The van der Waals surface area contributed by atoms with E-state index in [9.17, 15) is 0 Å². The summed E-state index contributed by atoms with van der Waals surface area (Å²) < 4.78 is 11.7. The Morgan fingerprint density at radius 3 is 2.70 bits per heavy atom. The molecule has 0 amide bonds. The van der Waals surface area contributed by atoms with Crippen LogP contribution in [-0.2, 0) is 9.47 Å². The quantitative estimate of drug-likeness (QED) is 0.679. The van der Waals surface area contributed by atoms with E-state index in [4.69, 9.17) is 9.47 Å². The molecule has 3 saturated heterocycles. The number of ether oxygens (including phenoxy) is 2. The number of fused-ring (bicyclic) bond motifs is 3. The summed E-state index contributed by atoms with van der Waals surface area (Å²) in [6, 6.07) is 0. The van der Waals surface area contributed by atoms with Crippen LogP contribution in [0.3, 0.4) is 0 Å². The SMILES string of the molecule is C1CC2C3CC4OCOC4CC3CCN3CCCC23C1. The molecule has 3 aliphatic heterocycles. The van der Waals surface area contributed by atoms with E-state index in [1.54, 1.807) is 0 Å². The number of nitrogens with zero attached hydrogens (tertiary/aromatic N) is 1. The van der Waals surface area contributed by atoms with Gasteiger partial charge in [-0.2, -0.15) is 0 Å². The minimum Gasteiger partial charge on any atom is -0.349 e. The molecule has 0 bridgehead atoms. The molecule has 0 N–H and O–H groups in total. The van der Waals surface area contributed by atoms with Crippen molar-refractivity contribution in [2.24, 2.45) is 17.8 Å². The summed E-state index contributed by atoms with van der Waals surface area (Å²) in [6.45, 7) is 3.28. The molecule has 1 spiro atoms. The van der Waals surface area contributed by atoms with Gasteiger partial charge in [-0.25, -0.2) is 0 Å². The van der Waals surface area contributed by atoms with E-state index in [1.165, 1.54) is 64.5 Å². The van der Waals surface area contributed by atoms with Gasteiger partial charge in [0.05, 0.1) is 12.2 Å². The fourth-order valence-corrected chi connectivity index (χ4v) is 6.64. The third-order valence-corrected chi connectivity index (χ3v) is 7.39. The maximum absolute atomic E-state index is 5.87. The lowest BCUT2D eigenvalue weighted by atomic mass is 9.65. The summed E-state index contributed by atoms with van der Waals surface area (Å²) >= 11 is 0. The molecule has 0 radical (unpaired) electrons. The van der Waals surface area contributed by atoms with Crippen molar-refractivity contribution in [2.45, 2.75) is 69.1 Å². The summed E-state index contributed by atoms with van der Waals surface area (Å²) in [5.41, 5.74) is 0.603. The zero-order chi connectivity index (χ0) is 13.2. The Balaban J connectivity index is 1.49. The molecular weight excluding hydrogens is 250 g/mol. The lowest BCUT2D eigenvalue weighted by Gasteiger charge is -2.45. The first-order valence-corrected chi connectivity index (χ1v) is 8.85. The Hall–Kier alpha value is -0.120. The van der Waals surface area contributed by atoms with Crippen molar-refractivity contribution >= 4 is 0 Å². The van der Waals surface area contributed by atoms with Crippen molar-refractivity contribution in [2.75, 3.05) is 19.9 Å². The zero-order valence-electron chi connectivity index (χ0n) is 12.4. The standard InChI is InChI=1S/C17H27NO2/c1-3-14-13-10-16-15(19-11-20-16)9-12(13)4-8-18-7-2-6-17(14,18)5-1/h12-16H,1-11H2. The topological polar surface area (TPSA) is 21.7 Å². The fourth-order valence-electron chi connectivity index (χ4n) is 6.64. The van der Waals surface area contributed by atoms with E-state index >= 15 is 0 Å². The van der Waals surface area contributed by atoms with Gasteiger partial charge in [0.25, 0.3) is 0 Å². The van der Waals surface area contributed by atoms with Crippen molar-refractivity contribution in [3.63, 3.8) is 0 Å². The van der Waals surface area contributed by atoms with Gasteiger partial charge >= 0.3 is 0 Å². The Morgan fingerprint density at radius 1 is 0.900 bits per heavy atom. The highest BCUT2D eigenvalue weighted by Crippen LogP contribution is 2.57. The highest BCUT2D eigenvalue weighted by molar-refractivity contribution is 5.10. The molecule has 0 aromatic carbocycles. The van der Waals surface area contributed by atoms with Crippen molar-refractivity contribution in [3.8, 4) is 0 Å². The molecule has 3 nitrogen and oxygen atoms in total. The van der Waals surface area contributed by atoms with Crippen LogP contribution in [0, 0.1) is 17.8 Å². The average molecular weight is 277 g/mol. The smallest absolute Gasteiger partial charge is 0.147 e. The van der Waals surface area contributed by atoms with Gasteiger partial charge in [-0.1, -0.05) is 6.42 Å². The van der Waals surface area contributed by atoms with E-state index in [-0.39, 0.29) is 0 Å². The minimum absolute atomic E-state index is 0.418. The molecule has 6 unspecified atom stereocenters. The molecule has 5 fully saturated rings. The lowest BCUT2D eigenvalue weighted by Crippen LogP contribution is -2.49. The van der Waals surface area contributed by atoms with Crippen molar-refractivity contribution in [1.82, 2.24) is 4.90 Å². The van der Waals surface area contributed by atoms with Crippen molar-refractivity contribution < 1.29 is 9.47 Å². The van der Waals surface area contributed by atoms with Crippen LogP contribution in [-0.4, -0.2) is 42.5 Å². The van der Waals surface area contributed by atoms with Crippen LogP contribution in [0.4, 0.5) is 0 Å². The maximum atomic E-state index is 5.87. The highest BCUT2D eigenvalue weighted by Gasteiger charge is 2.57. The highest BCUT2D eigenvalue weighted by atomic mass is 16.7. The third-order valence-electron chi connectivity index (χ3n) is 7.39. The molecule has 6 atom stereocenters. The first-order chi connectivity index (χ1) is 9.87. The third kappa shape index (κ3) is 1.57.